The second-order valence-corrected chi connectivity index (χ2v) is 5.21. The van der Waals surface area contributed by atoms with Gasteiger partial charge in [-0.3, -0.25) is 4.79 Å². The van der Waals surface area contributed by atoms with Gasteiger partial charge in [-0.1, -0.05) is 13.8 Å². The lowest BCUT2D eigenvalue weighted by Crippen LogP contribution is -2.50. The van der Waals surface area contributed by atoms with Crippen molar-refractivity contribution < 1.29 is 4.79 Å². The van der Waals surface area contributed by atoms with Crippen molar-refractivity contribution in [2.45, 2.75) is 44.4 Å². The van der Waals surface area contributed by atoms with Crippen LogP contribution in [0.4, 0.5) is 0 Å². The largest absolute Gasteiger partial charge is 0.368 e. The molecule has 0 aliphatic carbocycles. The molecule has 0 aromatic rings. The Bertz CT molecular complexity index is 171. The van der Waals surface area contributed by atoms with E-state index in [0.717, 1.165) is 12.2 Å². The van der Waals surface area contributed by atoms with Crippen LogP contribution in [0.15, 0.2) is 0 Å². The maximum Gasteiger partial charge on any atom is 0.237 e. The van der Waals surface area contributed by atoms with E-state index in [-0.39, 0.29) is 0 Å². The van der Waals surface area contributed by atoms with Crippen LogP contribution < -0.4 is 11.5 Å². The molecule has 1 amide bonds. The van der Waals surface area contributed by atoms with Crippen LogP contribution in [-0.4, -0.2) is 22.4 Å². The topological polar surface area (TPSA) is 69.1 Å². The zero-order valence-electron chi connectivity index (χ0n) is 8.67. The summed E-state index contributed by atoms with van der Waals surface area (Å²) in [5.74, 6) is 0.687. The van der Waals surface area contributed by atoms with E-state index in [1.54, 1.807) is 6.92 Å². The van der Waals surface area contributed by atoms with Crippen LogP contribution in [0.2, 0.25) is 0 Å². The van der Waals surface area contributed by atoms with Gasteiger partial charge < -0.3 is 11.5 Å². The van der Waals surface area contributed by atoms with Gasteiger partial charge in [-0.2, -0.15) is 11.8 Å². The van der Waals surface area contributed by atoms with Crippen molar-refractivity contribution in [2.24, 2.45) is 11.5 Å². The highest BCUT2D eigenvalue weighted by Gasteiger charge is 2.27. The molecule has 0 fully saturated rings. The lowest BCUT2D eigenvalue weighted by atomic mass is 9.97. The first-order valence-electron chi connectivity index (χ1n) is 4.60. The van der Waals surface area contributed by atoms with Gasteiger partial charge in [0.15, 0.2) is 0 Å². The molecule has 0 spiro atoms. The van der Waals surface area contributed by atoms with Crippen LogP contribution in [0, 0.1) is 0 Å². The molecule has 0 saturated carbocycles. The third-order valence-corrected chi connectivity index (χ3v) is 3.26. The summed E-state index contributed by atoms with van der Waals surface area (Å²) in [6.07, 6.45) is 1.79. The van der Waals surface area contributed by atoms with E-state index in [2.05, 4.69) is 13.8 Å². The predicted molar refractivity (Wildman–Crippen MR) is 58.6 cm³/mol. The maximum absolute atomic E-state index is 10.9. The van der Waals surface area contributed by atoms with E-state index in [1.165, 1.54) is 0 Å². The fourth-order valence-corrected chi connectivity index (χ4v) is 2.18. The Kier molecular flexibility index (Phi) is 5.40. The molecule has 0 aromatic heterocycles. The average molecular weight is 204 g/mol. The Balaban J connectivity index is 3.89. The van der Waals surface area contributed by atoms with Crippen LogP contribution in [0.5, 0.6) is 0 Å². The Labute approximate surface area is 84.6 Å². The molecule has 13 heavy (non-hydrogen) atoms. The Morgan fingerprint density at radius 1 is 1.62 bits per heavy atom. The standard InChI is InChI=1S/C9H20N2OS/c1-4-5-13-7(2)6-9(3,11)8(10)12/h7H,4-6,11H2,1-3H3,(H2,10,12). The second kappa shape index (κ2) is 5.50. The molecule has 4 N–H and O–H groups in total. The summed E-state index contributed by atoms with van der Waals surface area (Å²) in [6, 6.07) is 0. The highest BCUT2D eigenvalue weighted by molar-refractivity contribution is 7.99. The summed E-state index contributed by atoms with van der Waals surface area (Å²) >= 11 is 1.83. The van der Waals surface area contributed by atoms with Gasteiger partial charge in [0.2, 0.25) is 5.91 Å². The quantitative estimate of drug-likeness (QED) is 0.681. The van der Waals surface area contributed by atoms with Crippen molar-refractivity contribution in [2.75, 3.05) is 5.75 Å². The van der Waals surface area contributed by atoms with E-state index in [1.807, 2.05) is 11.8 Å². The number of rotatable bonds is 6. The summed E-state index contributed by atoms with van der Waals surface area (Å²) in [7, 11) is 0. The van der Waals surface area contributed by atoms with E-state index in [9.17, 15) is 4.79 Å². The number of hydrogen-bond acceptors (Lipinski definition) is 3. The van der Waals surface area contributed by atoms with Gasteiger partial charge in [0.1, 0.15) is 0 Å². The molecule has 0 rings (SSSR count). The van der Waals surface area contributed by atoms with E-state index in [4.69, 9.17) is 11.5 Å². The van der Waals surface area contributed by atoms with Crippen LogP contribution in [0.25, 0.3) is 0 Å². The summed E-state index contributed by atoms with van der Waals surface area (Å²) < 4.78 is 0. The summed E-state index contributed by atoms with van der Waals surface area (Å²) in [6.45, 7) is 5.90. The first kappa shape index (κ1) is 12.8. The number of carbonyl (C=O) groups is 1. The number of amides is 1. The molecule has 2 atom stereocenters. The van der Waals surface area contributed by atoms with E-state index in [0.29, 0.717) is 11.7 Å². The summed E-state index contributed by atoms with van der Waals surface area (Å²) in [5, 5.41) is 0.391. The normalized spacial score (nSPS) is 17.8. The van der Waals surface area contributed by atoms with Crippen LogP contribution in [-0.2, 0) is 4.79 Å². The molecular weight excluding hydrogens is 184 g/mol. The van der Waals surface area contributed by atoms with Gasteiger partial charge in [0, 0.05) is 5.25 Å². The number of carbonyl (C=O) groups excluding carboxylic acids is 1. The molecule has 4 heteroatoms. The minimum absolute atomic E-state index is 0.391. The van der Waals surface area contributed by atoms with Gasteiger partial charge in [-0.25, -0.2) is 0 Å². The molecule has 0 aromatic carbocycles. The number of nitrogens with two attached hydrogens (primary N) is 2. The minimum atomic E-state index is -0.861. The molecule has 0 radical (unpaired) electrons. The smallest absolute Gasteiger partial charge is 0.237 e. The zero-order chi connectivity index (χ0) is 10.5. The van der Waals surface area contributed by atoms with E-state index < -0.39 is 11.4 Å². The van der Waals surface area contributed by atoms with Gasteiger partial charge in [-0.15, -0.1) is 0 Å². The fraction of sp³-hybridized carbons (Fsp3) is 0.889. The third kappa shape index (κ3) is 5.16. The van der Waals surface area contributed by atoms with Crippen LogP contribution in [0.1, 0.15) is 33.6 Å². The summed E-state index contributed by atoms with van der Waals surface area (Å²) in [4.78, 5) is 10.9. The van der Waals surface area contributed by atoms with Crippen molar-refractivity contribution in [3.05, 3.63) is 0 Å². The molecular formula is C9H20N2OS. The predicted octanol–water partition coefficient (Wildman–Crippen LogP) is 1.11. The molecule has 2 unspecified atom stereocenters. The number of thioether (sulfide) groups is 1. The average Bonchev–Trinajstić information content (AvgIpc) is 1.99. The van der Waals surface area contributed by atoms with E-state index >= 15 is 0 Å². The van der Waals surface area contributed by atoms with Gasteiger partial charge in [0.05, 0.1) is 5.54 Å². The fourth-order valence-electron chi connectivity index (χ4n) is 1.08. The van der Waals surface area contributed by atoms with Crippen molar-refractivity contribution in [3.63, 3.8) is 0 Å². The third-order valence-electron chi connectivity index (χ3n) is 1.88. The SMILES string of the molecule is CCCSC(C)CC(C)(N)C(N)=O. The van der Waals surface area contributed by atoms with Crippen molar-refractivity contribution >= 4 is 17.7 Å². The highest BCUT2D eigenvalue weighted by Crippen LogP contribution is 2.20. The molecule has 0 aliphatic rings. The molecule has 78 valence electrons. The highest BCUT2D eigenvalue weighted by atomic mass is 32.2. The number of primary amides is 1. The van der Waals surface area contributed by atoms with Crippen LogP contribution in [0.3, 0.4) is 0 Å². The molecule has 0 aliphatic heterocycles. The second-order valence-electron chi connectivity index (χ2n) is 3.67. The lowest BCUT2D eigenvalue weighted by molar-refractivity contribution is -0.122. The molecule has 0 saturated heterocycles. The van der Waals surface area contributed by atoms with Gasteiger partial charge >= 0.3 is 0 Å². The maximum atomic E-state index is 10.9. The summed E-state index contributed by atoms with van der Waals surface area (Å²) in [5.41, 5.74) is 10.1. The zero-order valence-corrected chi connectivity index (χ0v) is 9.49. The Hall–Kier alpha value is -0.220. The molecule has 0 bridgehead atoms. The van der Waals surface area contributed by atoms with Crippen LogP contribution >= 0.6 is 11.8 Å². The van der Waals surface area contributed by atoms with Crippen molar-refractivity contribution in [1.29, 1.82) is 0 Å². The number of hydrogen-bond donors (Lipinski definition) is 2. The molecule has 3 nitrogen and oxygen atoms in total. The van der Waals surface area contributed by atoms with Crippen molar-refractivity contribution in [3.8, 4) is 0 Å². The van der Waals surface area contributed by atoms with Gasteiger partial charge in [-0.05, 0) is 25.5 Å². The molecule has 0 heterocycles. The Morgan fingerprint density at radius 3 is 2.54 bits per heavy atom. The van der Waals surface area contributed by atoms with Gasteiger partial charge in [0.25, 0.3) is 0 Å². The lowest BCUT2D eigenvalue weighted by Gasteiger charge is -2.24. The monoisotopic (exact) mass is 204 g/mol. The Morgan fingerprint density at radius 2 is 2.15 bits per heavy atom. The first-order chi connectivity index (χ1) is 5.90. The minimum Gasteiger partial charge on any atom is -0.368 e. The van der Waals surface area contributed by atoms with Crippen molar-refractivity contribution in [1.82, 2.24) is 0 Å². The first-order valence-corrected chi connectivity index (χ1v) is 5.65.